The van der Waals surface area contributed by atoms with E-state index in [1.807, 2.05) is 30.3 Å². The Hall–Kier alpha value is -1.74. The van der Waals surface area contributed by atoms with Crippen LogP contribution < -0.4 is 5.73 Å². The molecule has 0 radical (unpaired) electrons. The lowest BCUT2D eigenvalue weighted by Crippen LogP contribution is -1.90. The Morgan fingerprint density at radius 3 is 2.71 bits per heavy atom. The molecule has 3 heteroatoms. The van der Waals surface area contributed by atoms with Gasteiger partial charge in [0.05, 0.1) is 5.69 Å². The molecule has 0 saturated heterocycles. The molecule has 1 heterocycles. The van der Waals surface area contributed by atoms with Gasteiger partial charge in [-0.25, -0.2) is 4.98 Å². The van der Waals surface area contributed by atoms with Gasteiger partial charge in [0.2, 0.25) is 0 Å². The number of aromatic nitrogens is 1. The molecule has 0 unspecified atom stereocenters. The van der Waals surface area contributed by atoms with Crippen LogP contribution in [0.1, 0.15) is 5.56 Å². The van der Waals surface area contributed by atoms with Crippen molar-refractivity contribution in [1.29, 1.82) is 0 Å². The summed E-state index contributed by atoms with van der Waals surface area (Å²) in [5.41, 5.74) is 7.76. The van der Waals surface area contributed by atoms with Gasteiger partial charge in [-0.05, 0) is 17.7 Å². The van der Waals surface area contributed by atoms with Crippen LogP contribution in [0.3, 0.4) is 0 Å². The molecule has 0 aliphatic heterocycles. The number of anilines is 1. The highest BCUT2D eigenvalue weighted by molar-refractivity contribution is 7.99. The Morgan fingerprint density at radius 1 is 1.12 bits per heavy atom. The van der Waals surface area contributed by atoms with E-state index in [-0.39, 0.29) is 0 Å². The summed E-state index contributed by atoms with van der Waals surface area (Å²) in [7, 11) is 0. The third kappa shape index (κ3) is 3.64. The maximum atomic E-state index is 5.81. The lowest BCUT2D eigenvalue weighted by atomic mass is 10.2. The third-order valence-electron chi connectivity index (χ3n) is 2.23. The Kier molecular flexibility index (Phi) is 4.22. The second-order valence-electron chi connectivity index (χ2n) is 3.52. The molecule has 2 aromatic rings. The normalized spacial score (nSPS) is 10.8. The second-order valence-corrected chi connectivity index (χ2v) is 4.53. The van der Waals surface area contributed by atoms with Crippen LogP contribution in [0.4, 0.5) is 5.69 Å². The van der Waals surface area contributed by atoms with Crippen LogP contribution in [0.15, 0.2) is 59.8 Å². The summed E-state index contributed by atoms with van der Waals surface area (Å²) in [6.45, 7) is 0. The van der Waals surface area contributed by atoms with E-state index in [1.165, 1.54) is 5.56 Å². The highest BCUT2D eigenvalue weighted by Gasteiger charge is 1.97. The zero-order valence-corrected chi connectivity index (χ0v) is 10.2. The van der Waals surface area contributed by atoms with Gasteiger partial charge < -0.3 is 5.73 Å². The van der Waals surface area contributed by atoms with Crippen molar-refractivity contribution >= 4 is 23.5 Å². The first kappa shape index (κ1) is 11.7. The Morgan fingerprint density at radius 2 is 1.94 bits per heavy atom. The average Bonchev–Trinajstić information content (AvgIpc) is 2.38. The summed E-state index contributed by atoms with van der Waals surface area (Å²) in [5, 5.41) is 0.894. The molecule has 2 rings (SSSR count). The molecular formula is C14H14N2S. The third-order valence-corrected chi connectivity index (χ3v) is 3.20. The molecule has 1 aromatic heterocycles. The lowest BCUT2D eigenvalue weighted by molar-refractivity contribution is 1.14. The second kappa shape index (κ2) is 6.11. The maximum absolute atomic E-state index is 5.81. The zero-order chi connectivity index (χ0) is 11.9. The largest absolute Gasteiger partial charge is 0.397 e. The Bertz CT molecular complexity index is 495. The van der Waals surface area contributed by atoms with E-state index < -0.39 is 0 Å². The van der Waals surface area contributed by atoms with Gasteiger partial charge in [0.1, 0.15) is 5.03 Å². The SMILES string of the molecule is Nc1cccnc1SC/C=C/c1ccccc1. The summed E-state index contributed by atoms with van der Waals surface area (Å²) >= 11 is 1.64. The average molecular weight is 242 g/mol. The van der Waals surface area contributed by atoms with Gasteiger partial charge in [0, 0.05) is 11.9 Å². The molecule has 0 bridgehead atoms. The quantitative estimate of drug-likeness (QED) is 0.834. The van der Waals surface area contributed by atoms with Gasteiger partial charge in [-0.2, -0.15) is 0 Å². The van der Waals surface area contributed by atoms with Crippen LogP contribution in [0.2, 0.25) is 0 Å². The first-order valence-electron chi connectivity index (χ1n) is 5.41. The number of benzene rings is 1. The van der Waals surface area contributed by atoms with E-state index in [4.69, 9.17) is 5.73 Å². The van der Waals surface area contributed by atoms with E-state index in [1.54, 1.807) is 18.0 Å². The number of hydrogen-bond donors (Lipinski definition) is 1. The topological polar surface area (TPSA) is 38.9 Å². The van der Waals surface area contributed by atoms with Crippen molar-refractivity contribution in [2.75, 3.05) is 11.5 Å². The molecular weight excluding hydrogens is 228 g/mol. The van der Waals surface area contributed by atoms with Crippen LogP contribution in [-0.4, -0.2) is 10.7 Å². The molecule has 1 aromatic carbocycles. The van der Waals surface area contributed by atoms with E-state index in [9.17, 15) is 0 Å². The van der Waals surface area contributed by atoms with Gasteiger partial charge in [0.15, 0.2) is 0 Å². The molecule has 0 saturated carbocycles. The van der Waals surface area contributed by atoms with Crippen molar-refractivity contribution in [3.05, 3.63) is 60.3 Å². The summed E-state index contributed by atoms with van der Waals surface area (Å²) in [6.07, 6.45) is 5.99. The first-order chi connectivity index (χ1) is 8.36. The number of thioether (sulfide) groups is 1. The lowest BCUT2D eigenvalue weighted by Gasteiger charge is -2.00. The zero-order valence-electron chi connectivity index (χ0n) is 9.41. The molecule has 0 aliphatic rings. The smallest absolute Gasteiger partial charge is 0.119 e. The predicted octanol–water partition coefficient (Wildman–Crippen LogP) is 3.47. The molecule has 0 fully saturated rings. The molecule has 0 amide bonds. The number of pyridine rings is 1. The summed E-state index contributed by atoms with van der Waals surface area (Å²) in [4.78, 5) is 4.23. The predicted molar refractivity (Wildman–Crippen MR) is 74.8 cm³/mol. The molecule has 2 nitrogen and oxygen atoms in total. The number of hydrogen-bond acceptors (Lipinski definition) is 3. The maximum Gasteiger partial charge on any atom is 0.119 e. The van der Waals surface area contributed by atoms with Crippen molar-refractivity contribution in [2.24, 2.45) is 0 Å². The fraction of sp³-hybridized carbons (Fsp3) is 0.0714. The Balaban J connectivity index is 1.88. The van der Waals surface area contributed by atoms with Gasteiger partial charge in [-0.15, -0.1) is 11.8 Å². The number of nitrogens with zero attached hydrogens (tertiary/aromatic N) is 1. The standard InChI is InChI=1S/C14H14N2S/c15-13-9-4-10-16-14(13)17-11-5-8-12-6-2-1-3-7-12/h1-10H,11,15H2/b8-5+. The highest BCUT2D eigenvalue weighted by atomic mass is 32.2. The van der Waals surface area contributed by atoms with Gasteiger partial charge in [0.25, 0.3) is 0 Å². The van der Waals surface area contributed by atoms with Gasteiger partial charge in [-0.1, -0.05) is 42.5 Å². The van der Waals surface area contributed by atoms with E-state index in [0.29, 0.717) is 0 Å². The van der Waals surface area contributed by atoms with Crippen LogP contribution in [0.5, 0.6) is 0 Å². The molecule has 0 aliphatic carbocycles. The molecule has 2 N–H and O–H groups in total. The first-order valence-corrected chi connectivity index (χ1v) is 6.40. The van der Waals surface area contributed by atoms with Crippen LogP contribution in [0.25, 0.3) is 6.08 Å². The van der Waals surface area contributed by atoms with Crippen molar-refractivity contribution < 1.29 is 0 Å². The minimum Gasteiger partial charge on any atom is -0.397 e. The van der Waals surface area contributed by atoms with Crippen molar-refractivity contribution in [3.8, 4) is 0 Å². The van der Waals surface area contributed by atoms with E-state index in [2.05, 4.69) is 29.3 Å². The minimum atomic E-state index is 0.741. The fourth-order valence-corrected chi connectivity index (χ4v) is 2.12. The van der Waals surface area contributed by atoms with Crippen molar-refractivity contribution in [3.63, 3.8) is 0 Å². The summed E-state index contributed by atoms with van der Waals surface area (Å²) in [6, 6.07) is 14.0. The van der Waals surface area contributed by atoms with Gasteiger partial charge >= 0.3 is 0 Å². The van der Waals surface area contributed by atoms with Crippen molar-refractivity contribution in [2.45, 2.75) is 5.03 Å². The summed E-state index contributed by atoms with van der Waals surface area (Å²) in [5.74, 6) is 0.871. The molecule has 0 spiro atoms. The monoisotopic (exact) mass is 242 g/mol. The van der Waals surface area contributed by atoms with Crippen LogP contribution >= 0.6 is 11.8 Å². The van der Waals surface area contributed by atoms with Crippen LogP contribution in [0, 0.1) is 0 Å². The van der Waals surface area contributed by atoms with Crippen molar-refractivity contribution in [1.82, 2.24) is 4.98 Å². The minimum absolute atomic E-state index is 0.741. The molecule has 0 atom stereocenters. The molecule has 86 valence electrons. The van der Waals surface area contributed by atoms with E-state index >= 15 is 0 Å². The number of nitrogens with two attached hydrogens (primary N) is 1. The molecule has 17 heavy (non-hydrogen) atoms. The highest BCUT2D eigenvalue weighted by Crippen LogP contribution is 2.21. The van der Waals surface area contributed by atoms with Gasteiger partial charge in [-0.3, -0.25) is 0 Å². The number of rotatable bonds is 4. The van der Waals surface area contributed by atoms with E-state index in [0.717, 1.165) is 16.5 Å². The number of nitrogen functional groups attached to an aromatic ring is 1. The Labute approximate surface area is 106 Å². The van der Waals surface area contributed by atoms with Crippen LogP contribution in [-0.2, 0) is 0 Å². The fourth-order valence-electron chi connectivity index (χ4n) is 1.40. The summed E-state index contributed by atoms with van der Waals surface area (Å²) < 4.78 is 0.